The first kappa shape index (κ1) is 41.1. The summed E-state index contributed by atoms with van der Waals surface area (Å²) in [5, 5.41) is 10.1. The highest BCUT2D eigenvalue weighted by molar-refractivity contribution is 6.12. The highest BCUT2D eigenvalue weighted by atomic mass is 16.5. The number of aryl methyl sites for hydroxylation is 1. The monoisotopic (exact) mass is 839 g/mol. The number of benzene rings is 6. The predicted molar refractivity (Wildman–Crippen MR) is 268 cm³/mol. The first-order chi connectivity index (χ1) is 30.8. The third kappa shape index (κ3) is 6.87. The van der Waals surface area contributed by atoms with Gasteiger partial charge in [-0.25, -0.2) is 9.67 Å². The zero-order valence-electron chi connectivity index (χ0n) is 38.7. The van der Waals surface area contributed by atoms with Crippen molar-refractivity contribution in [3.8, 4) is 39.8 Å². The van der Waals surface area contributed by atoms with Gasteiger partial charge in [0.05, 0.1) is 44.8 Å². The van der Waals surface area contributed by atoms with E-state index in [0.29, 0.717) is 11.8 Å². The molecule has 0 aliphatic carbocycles. The fourth-order valence-electron chi connectivity index (χ4n) is 9.90. The van der Waals surface area contributed by atoms with Crippen LogP contribution in [0.2, 0.25) is 0 Å². The molecule has 6 aromatic carbocycles. The van der Waals surface area contributed by atoms with E-state index >= 15 is 0 Å². The van der Waals surface area contributed by atoms with Crippen molar-refractivity contribution in [1.29, 1.82) is 0 Å². The SMILES string of the molecule is Cc1nn(-c2cc(Oc3ccc4c5ccccc5n(-c5cc(-n6c7c(C(C)C)cccc7c7cccc(C(C)C)c76)ccn5)c4c3)cc(C(C)C)c2)c(C(C)(C)C)c1-c1ccccc1. The minimum absolute atomic E-state index is 0.180. The van der Waals surface area contributed by atoms with Crippen LogP contribution in [-0.2, 0) is 5.41 Å². The summed E-state index contributed by atoms with van der Waals surface area (Å²) in [5.74, 6) is 3.34. The fourth-order valence-corrected chi connectivity index (χ4v) is 9.90. The number of rotatable bonds is 9. The highest BCUT2D eigenvalue weighted by Gasteiger charge is 2.29. The number of para-hydroxylation sites is 3. The fraction of sp³-hybridized carbons (Fsp3) is 0.241. The Labute approximate surface area is 376 Å². The van der Waals surface area contributed by atoms with Crippen molar-refractivity contribution in [2.45, 2.75) is 92.4 Å². The molecule has 4 aromatic heterocycles. The molecule has 0 aliphatic heterocycles. The van der Waals surface area contributed by atoms with Crippen LogP contribution >= 0.6 is 0 Å². The molecule has 64 heavy (non-hydrogen) atoms. The van der Waals surface area contributed by atoms with Crippen LogP contribution < -0.4 is 4.74 Å². The van der Waals surface area contributed by atoms with Crippen LogP contribution in [0, 0.1) is 6.92 Å². The molecule has 320 valence electrons. The molecule has 4 heterocycles. The molecule has 0 unspecified atom stereocenters. The van der Waals surface area contributed by atoms with Gasteiger partial charge in [0, 0.05) is 56.9 Å². The number of hydrogen-bond donors (Lipinski definition) is 0. The van der Waals surface area contributed by atoms with Gasteiger partial charge < -0.3 is 9.30 Å². The Kier molecular flexibility index (Phi) is 10.1. The van der Waals surface area contributed by atoms with Gasteiger partial charge in [-0.05, 0) is 83.3 Å². The molecule has 0 amide bonds. The van der Waals surface area contributed by atoms with Gasteiger partial charge in [-0.2, -0.15) is 5.10 Å². The Morgan fingerprint density at radius 1 is 0.531 bits per heavy atom. The van der Waals surface area contributed by atoms with E-state index in [0.717, 1.165) is 50.8 Å². The number of pyridine rings is 1. The third-order valence-corrected chi connectivity index (χ3v) is 12.9. The second-order valence-corrected chi connectivity index (χ2v) is 19.4. The molecule has 0 bridgehead atoms. The lowest BCUT2D eigenvalue weighted by Crippen LogP contribution is -2.19. The zero-order chi connectivity index (χ0) is 44.6. The predicted octanol–water partition coefficient (Wildman–Crippen LogP) is 15.9. The second-order valence-electron chi connectivity index (χ2n) is 19.4. The third-order valence-electron chi connectivity index (χ3n) is 12.9. The smallest absolute Gasteiger partial charge is 0.139 e. The van der Waals surface area contributed by atoms with E-state index in [9.17, 15) is 0 Å². The number of aromatic nitrogens is 5. The van der Waals surface area contributed by atoms with E-state index in [4.69, 9.17) is 14.8 Å². The van der Waals surface area contributed by atoms with Gasteiger partial charge in [-0.1, -0.05) is 147 Å². The van der Waals surface area contributed by atoms with Crippen molar-refractivity contribution < 1.29 is 4.74 Å². The van der Waals surface area contributed by atoms with Gasteiger partial charge in [0.1, 0.15) is 17.3 Å². The summed E-state index contributed by atoms with van der Waals surface area (Å²) in [6.07, 6.45) is 1.96. The van der Waals surface area contributed by atoms with E-state index in [1.807, 2.05) is 6.20 Å². The molecule has 0 N–H and O–H groups in total. The van der Waals surface area contributed by atoms with E-state index in [1.165, 1.54) is 60.7 Å². The van der Waals surface area contributed by atoms with Gasteiger partial charge in [0.2, 0.25) is 0 Å². The topological polar surface area (TPSA) is 49.8 Å². The maximum Gasteiger partial charge on any atom is 0.139 e. The number of fused-ring (bicyclic) bond motifs is 6. The molecule has 0 spiro atoms. The highest BCUT2D eigenvalue weighted by Crippen LogP contribution is 2.42. The van der Waals surface area contributed by atoms with Crippen LogP contribution in [-0.4, -0.2) is 23.9 Å². The molecule has 0 saturated carbocycles. The van der Waals surface area contributed by atoms with Crippen molar-refractivity contribution in [3.63, 3.8) is 0 Å². The number of hydrogen-bond acceptors (Lipinski definition) is 3. The summed E-state index contributed by atoms with van der Waals surface area (Å²) >= 11 is 0. The molecular formula is C58H57N5O. The average molecular weight is 840 g/mol. The van der Waals surface area contributed by atoms with E-state index in [-0.39, 0.29) is 11.3 Å². The van der Waals surface area contributed by atoms with Crippen molar-refractivity contribution in [1.82, 2.24) is 23.9 Å². The first-order valence-electron chi connectivity index (χ1n) is 22.8. The van der Waals surface area contributed by atoms with Crippen LogP contribution in [0.25, 0.3) is 71.9 Å². The van der Waals surface area contributed by atoms with Crippen molar-refractivity contribution >= 4 is 43.6 Å². The van der Waals surface area contributed by atoms with Crippen LogP contribution in [0.3, 0.4) is 0 Å². The van der Waals surface area contributed by atoms with E-state index in [2.05, 4.69) is 223 Å². The summed E-state index contributed by atoms with van der Waals surface area (Å²) in [7, 11) is 0. The minimum Gasteiger partial charge on any atom is -0.457 e. The maximum atomic E-state index is 6.94. The van der Waals surface area contributed by atoms with Gasteiger partial charge in [-0.3, -0.25) is 4.57 Å². The Hall–Kier alpha value is -6.92. The molecule has 0 aliphatic rings. The standard InChI is InChI=1S/C58H57N5O/c1-35(2)40-30-42(63-57(58(8,9)10)54(38(7)60-63)39-18-12-11-13-19-39)32-44(31-40)64-43-26-27-48-47-20-14-15-25-51(47)62(52(48)34-43)53-33-41(28-29-59-53)61-55-45(36(3)4)21-16-23-49(55)50-24-17-22-46(37(5)6)56(50)61/h11-37H,1-10H3. The van der Waals surface area contributed by atoms with Crippen molar-refractivity contribution in [2.24, 2.45) is 0 Å². The van der Waals surface area contributed by atoms with Gasteiger partial charge in [0.15, 0.2) is 0 Å². The Bertz CT molecular complexity index is 3320. The van der Waals surface area contributed by atoms with Gasteiger partial charge >= 0.3 is 0 Å². The Morgan fingerprint density at radius 3 is 1.83 bits per heavy atom. The lowest BCUT2D eigenvalue weighted by molar-refractivity contribution is 0.480. The van der Waals surface area contributed by atoms with Gasteiger partial charge in [0.25, 0.3) is 0 Å². The number of ether oxygens (including phenoxy) is 1. The number of nitrogens with zero attached hydrogens (tertiary/aromatic N) is 5. The Morgan fingerprint density at radius 2 is 1.17 bits per heavy atom. The van der Waals surface area contributed by atoms with E-state index < -0.39 is 0 Å². The second kappa shape index (κ2) is 15.7. The Balaban J connectivity index is 1.13. The van der Waals surface area contributed by atoms with Crippen molar-refractivity contribution in [3.05, 3.63) is 174 Å². The van der Waals surface area contributed by atoms with Crippen LogP contribution in [0.15, 0.2) is 146 Å². The van der Waals surface area contributed by atoms with Crippen LogP contribution in [0.1, 0.15) is 108 Å². The summed E-state index contributed by atoms with van der Waals surface area (Å²) < 4.78 is 13.9. The molecule has 10 rings (SSSR count). The molecule has 6 nitrogen and oxygen atoms in total. The first-order valence-corrected chi connectivity index (χ1v) is 22.8. The quantitative estimate of drug-likeness (QED) is 0.145. The summed E-state index contributed by atoms with van der Waals surface area (Å²) in [6, 6.07) is 50.3. The molecule has 10 aromatic rings. The van der Waals surface area contributed by atoms with E-state index in [1.54, 1.807) is 0 Å². The lowest BCUT2D eigenvalue weighted by atomic mass is 9.86. The summed E-state index contributed by atoms with van der Waals surface area (Å²) in [5.41, 5.74) is 14.9. The molecule has 0 atom stereocenters. The molecule has 0 radical (unpaired) electrons. The molecule has 0 saturated heterocycles. The average Bonchev–Trinajstić information content (AvgIpc) is 3.93. The zero-order valence-corrected chi connectivity index (χ0v) is 38.7. The van der Waals surface area contributed by atoms with Gasteiger partial charge in [-0.15, -0.1) is 0 Å². The normalized spacial score (nSPS) is 12.3. The summed E-state index contributed by atoms with van der Waals surface area (Å²) in [4.78, 5) is 5.12. The lowest BCUT2D eigenvalue weighted by Gasteiger charge is -2.24. The maximum absolute atomic E-state index is 6.94. The largest absolute Gasteiger partial charge is 0.457 e. The van der Waals surface area contributed by atoms with Crippen molar-refractivity contribution in [2.75, 3.05) is 0 Å². The van der Waals surface area contributed by atoms with Crippen LogP contribution in [0.4, 0.5) is 0 Å². The minimum atomic E-state index is -0.180. The molecular weight excluding hydrogens is 783 g/mol. The molecule has 0 fully saturated rings. The summed E-state index contributed by atoms with van der Waals surface area (Å²) in [6.45, 7) is 22.5. The van der Waals surface area contributed by atoms with Crippen LogP contribution in [0.5, 0.6) is 11.5 Å². The molecule has 6 heteroatoms.